The number of fused-ring (bicyclic) bond motifs is 1. The summed E-state index contributed by atoms with van der Waals surface area (Å²) in [5, 5.41) is 28.6. The Morgan fingerprint density at radius 1 is 1.35 bits per heavy atom. The summed E-state index contributed by atoms with van der Waals surface area (Å²) in [5.41, 5.74) is -0.0608. The molecule has 1 aliphatic heterocycles. The maximum absolute atomic E-state index is 11.5. The molecule has 4 N–H and O–H groups in total. The van der Waals surface area contributed by atoms with Gasteiger partial charge in [-0.15, -0.1) is 0 Å². The fraction of sp³-hybridized carbons (Fsp3) is 0.500. The topological polar surface area (TPSA) is 133 Å². The van der Waals surface area contributed by atoms with E-state index in [-0.39, 0.29) is 33.5 Å². The number of imidazole rings is 1. The summed E-state index contributed by atoms with van der Waals surface area (Å²) < 4.78 is 6.70. The minimum absolute atomic E-state index is 0. The minimum Gasteiger partial charge on any atom is -0.394 e. The molecule has 113 valence electrons. The van der Waals surface area contributed by atoms with Gasteiger partial charge in [0, 0.05) is 22.4 Å². The van der Waals surface area contributed by atoms with Crippen molar-refractivity contribution >= 4 is 11.2 Å². The van der Waals surface area contributed by atoms with Gasteiger partial charge in [-0.1, -0.05) is 0 Å². The molecule has 3 rings (SSSR count). The van der Waals surface area contributed by atoms with Crippen molar-refractivity contribution in [3.05, 3.63) is 23.0 Å². The van der Waals surface area contributed by atoms with Crippen molar-refractivity contribution in [3.8, 4) is 0 Å². The van der Waals surface area contributed by atoms with E-state index >= 15 is 0 Å². The van der Waals surface area contributed by atoms with Crippen molar-refractivity contribution in [2.24, 2.45) is 0 Å². The van der Waals surface area contributed by atoms with E-state index < -0.39 is 36.7 Å². The van der Waals surface area contributed by atoms with E-state index in [1.165, 1.54) is 17.2 Å². The van der Waals surface area contributed by atoms with Crippen molar-refractivity contribution in [3.63, 3.8) is 0 Å². The van der Waals surface area contributed by atoms with Crippen LogP contribution in [0.1, 0.15) is 6.23 Å². The summed E-state index contributed by atoms with van der Waals surface area (Å²) in [6.07, 6.45) is -1.78. The first kappa shape index (κ1) is 15.3. The molecule has 20 heavy (non-hydrogen) atoms. The Bertz CT molecular complexity index is 658. The number of hydrogen-bond donors (Lipinski definition) is 4. The second kappa shape index (κ2) is 5.74. The van der Waals surface area contributed by atoms with Gasteiger partial charge in [0.25, 0.3) is 5.56 Å². The molecule has 0 saturated carbocycles. The van der Waals surface area contributed by atoms with Crippen molar-refractivity contribution in [2.45, 2.75) is 24.5 Å². The van der Waals surface area contributed by atoms with Crippen LogP contribution in [-0.4, -0.2) is 59.8 Å². The van der Waals surface area contributed by atoms with E-state index in [1.807, 2.05) is 0 Å². The SMILES string of the molecule is O=c1[nH]cnc2c1ncn2C1OC(CO)C(O)C1O.[Ag]. The molecule has 9 nitrogen and oxygen atoms in total. The molecule has 4 atom stereocenters. The number of aliphatic hydroxyl groups excluding tert-OH is 3. The van der Waals surface area contributed by atoms with E-state index in [9.17, 15) is 15.0 Å². The first-order chi connectivity index (χ1) is 9.13. The molecule has 2 aromatic heterocycles. The predicted molar refractivity (Wildman–Crippen MR) is 61.2 cm³/mol. The molecule has 0 aromatic carbocycles. The van der Waals surface area contributed by atoms with Crippen LogP contribution in [0, 0.1) is 0 Å². The Kier molecular flexibility index (Phi) is 4.40. The number of ether oxygens (including phenoxy) is 1. The number of hydrogen-bond acceptors (Lipinski definition) is 7. The summed E-state index contributed by atoms with van der Waals surface area (Å²) >= 11 is 0. The average molecular weight is 376 g/mol. The van der Waals surface area contributed by atoms with Crippen LogP contribution in [0.5, 0.6) is 0 Å². The predicted octanol–water partition coefficient (Wildman–Crippen LogP) is -2.27. The van der Waals surface area contributed by atoms with E-state index in [1.54, 1.807) is 0 Å². The fourth-order valence-corrected chi connectivity index (χ4v) is 2.16. The summed E-state index contributed by atoms with van der Waals surface area (Å²) in [6, 6.07) is 0. The first-order valence-electron chi connectivity index (χ1n) is 5.66. The molecule has 10 heteroatoms. The van der Waals surface area contributed by atoms with E-state index in [0.29, 0.717) is 0 Å². The molecule has 1 fully saturated rings. The molecule has 1 aliphatic rings. The summed E-state index contributed by atoms with van der Waals surface area (Å²) in [7, 11) is 0. The van der Waals surface area contributed by atoms with Crippen LogP contribution in [-0.2, 0) is 27.1 Å². The van der Waals surface area contributed by atoms with E-state index in [4.69, 9.17) is 9.84 Å². The molecular weight excluding hydrogens is 364 g/mol. The smallest absolute Gasteiger partial charge is 0.278 e. The Morgan fingerprint density at radius 2 is 2.10 bits per heavy atom. The third-order valence-electron chi connectivity index (χ3n) is 3.16. The van der Waals surface area contributed by atoms with Crippen LogP contribution in [0.4, 0.5) is 0 Å². The van der Waals surface area contributed by atoms with Crippen LogP contribution in [0.2, 0.25) is 0 Å². The molecule has 1 radical (unpaired) electrons. The Balaban J connectivity index is 0.00000147. The number of aromatic amines is 1. The average Bonchev–Trinajstić information content (AvgIpc) is 2.94. The molecular formula is C10H12AgN4O5. The van der Waals surface area contributed by atoms with Crippen LogP contribution in [0.3, 0.4) is 0 Å². The number of aromatic nitrogens is 4. The molecule has 0 bridgehead atoms. The molecule has 4 unspecified atom stereocenters. The Morgan fingerprint density at radius 3 is 2.75 bits per heavy atom. The third kappa shape index (κ3) is 2.23. The molecule has 0 amide bonds. The Hall–Kier alpha value is -1.07. The normalized spacial score (nSPS) is 29.6. The van der Waals surface area contributed by atoms with Crippen LogP contribution < -0.4 is 5.56 Å². The maximum Gasteiger partial charge on any atom is 0.278 e. The van der Waals surface area contributed by atoms with Gasteiger partial charge in [0.05, 0.1) is 19.3 Å². The van der Waals surface area contributed by atoms with Crippen molar-refractivity contribution < 1.29 is 42.4 Å². The van der Waals surface area contributed by atoms with Crippen LogP contribution in [0.15, 0.2) is 17.4 Å². The zero-order valence-electron chi connectivity index (χ0n) is 9.97. The van der Waals surface area contributed by atoms with Gasteiger partial charge in [0.2, 0.25) is 0 Å². The fourth-order valence-electron chi connectivity index (χ4n) is 2.16. The van der Waals surface area contributed by atoms with Gasteiger partial charge >= 0.3 is 0 Å². The van der Waals surface area contributed by atoms with E-state index in [2.05, 4.69) is 15.0 Å². The maximum atomic E-state index is 11.5. The summed E-state index contributed by atoms with van der Waals surface area (Å²) in [5.74, 6) is 0. The molecule has 2 aromatic rings. The second-order valence-electron chi connectivity index (χ2n) is 4.28. The molecule has 0 aliphatic carbocycles. The summed E-state index contributed by atoms with van der Waals surface area (Å²) in [6.45, 7) is -0.421. The van der Waals surface area contributed by atoms with E-state index in [0.717, 1.165) is 0 Å². The molecule has 1 saturated heterocycles. The summed E-state index contributed by atoms with van der Waals surface area (Å²) in [4.78, 5) is 21.8. The van der Waals surface area contributed by atoms with Gasteiger partial charge in [-0.3, -0.25) is 9.36 Å². The zero-order chi connectivity index (χ0) is 13.6. The largest absolute Gasteiger partial charge is 0.394 e. The monoisotopic (exact) mass is 375 g/mol. The standard InChI is InChI=1S/C10H12N4O5.Ag/c15-1-4-6(16)7(17)10(19-4)14-3-13-5-8(14)11-2-12-9(5)18;/h2-4,6-7,10,15-17H,1H2,(H,11,12,18);. The molecule has 0 spiro atoms. The van der Waals surface area contributed by atoms with Gasteiger partial charge in [-0.25, -0.2) is 9.97 Å². The number of aliphatic hydroxyl groups is 3. The van der Waals surface area contributed by atoms with Crippen molar-refractivity contribution in [2.75, 3.05) is 6.61 Å². The van der Waals surface area contributed by atoms with Crippen molar-refractivity contribution in [1.82, 2.24) is 19.5 Å². The Labute approximate surface area is 127 Å². The van der Waals surface area contributed by atoms with Crippen molar-refractivity contribution in [1.29, 1.82) is 0 Å². The van der Waals surface area contributed by atoms with Gasteiger partial charge in [-0.2, -0.15) is 0 Å². The molecule has 3 heterocycles. The second-order valence-corrected chi connectivity index (χ2v) is 4.28. The van der Waals surface area contributed by atoms with Gasteiger partial charge in [0.15, 0.2) is 17.4 Å². The van der Waals surface area contributed by atoms with Crippen LogP contribution >= 0.6 is 0 Å². The number of nitrogens with one attached hydrogen (secondary N) is 1. The minimum atomic E-state index is -1.24. The number of H-pyrrole nitrogens is 1. The quantitative estimate of drug-likeness (QED) is 0.435. The van der Waals surface area contributed by atoms with Gasteiger partial charge in [0.1, 0.15) is 18.3 Å². The third-order valence-corrected chi connectivity index (χ3v) is 3.16. The number of nitrogens with zero attached hydrogens (tertiary/aromatic N) is 3. The van der Waals surface area contributed by atoms with Gasteiger partial charge in [-0.05, 0) is 0 Å². The van der Waals surface area contributed by atoms with Crippen LogP contribution in [0.25, 0.3) is 11.2 Å². The number of rotatable bonds is 2. The van der Waals surface area contributed by atoms with Gasteiger partial charge < -0.3 is 25.0 Å². The first-order valence-corrected chi connectivity index (χ1v) is 5.66. The zero-order valence-corrected chi connectivity index (χ0v) is 11.5.